The van der Waals surface area contributed by atoms with Gasteiger partial charge in [-0.05, 0) is 42.7 Å². The quantitative estimate of drug-likeness (QED) is 0.657. The van der Waals surface area contributed by atoms with Gasteiger partial charge in [0.25, 0.3) is 0 Å². The van der Waals surface area contributed by atoms with Crippen molar-refractivity contribution in [1.29, 1.82) is 0 Å². The fourth-order valence-electron chi connectivity index (χ4n) is 1.87. The number of hydrogen-bond donors (Lipinski definition) is 2. The molecule has 1 unspecified atom stereocenters. The van der Waals surface area contributed by atoms with Gasteiger partial charge in [-0.15, -0.1) is 0 Å². The van der Waals surface area contributed by atoms with E-state index in [1.165, 1.54) is 0 Å². The highest BCUT2D eigenvalue weighted by molar-refractivity contribution is 6.31. The number of nitrogens with one attached hydrogen (secondary N) is 1. The molecule has 3 nitrogen and oxygen atoms in total. The smallest absolute Gasteiger partial charge is 0.0672 e. The van der Waals surface area contributed by atoms with E-state index in [4.69, 9.17) is 17.4 Å². The predicted molar refractivity (Wildman–Crippen MR) is 74.2 cm³/mol. The molecular formula is C14H16ClN3. The van der Waals surface area contributed by atoms with E-state index >= 15 is 0 Å². The van der Waals surface area contributed by atoms with Crippen molar-refractivity contribution >= 4 is 11.6 Å². The summed E-state index contributed by atoms with van der Waals surface area (Å²) >= 11 is 6.23. The standard InChI is InChI=1S/C14H16ClN3/c1-10-5-6-11(12(15)8-10)9-14(18-16)13-4-2-3-7-17-13/h2-8,14,18H,9,16H2,1H3. The maximum absolute atomic E-state index is 6.23. The summed E-state index contributed by atoms with van der Waals surface area (Å²) in [7, 11) is 0. The van der Waals surface area contributed by atoms with E-state index in [0.717, 1.165) is 21.8 Å². The largest absolute Gasteiger partial charge is 0.271 e. The third-order valence-corrected chi connectivity index (χ3v) is 3.23. The summed E-state index contributed by atoms with van der Waals surface area (Å²) in [5, 5.41) is 0.770. The lowest BCUT2D eigenvalue weighted by atomic mass is 10.0. The second-order valence-corrected chi connectivity index (χ2v) is 4.68. The Bertz CT molecular complexity index is 514. The summed E-state index contributed by atoms with van der Waals surface area (Å²) in [6.45, 7) is 2.02. The lowest BCUT2D eigenvalue weighted by Gasteiger charge is -2.16. The van der Waals surface area contributed by atoms with Gasteiger partial charge in [0.15, 0.2) is 0 Å². The lowest BCUT2D eigenvalue weighted by Crippen LogP contribution is -2.30. The first-order valence-corrected chi connectivity index (χ1v) is 6.20. The van der Waals surface area contributed by atoms with Gasteiger partial charge in [-0.2, -0.15) is 0 Å². The minimum Gasteiger partial charge on any atom is -0.271 e. The minimum atomic E-state index is -0.0357. The van der Waals surface area contributed by atoms with Crippen molar-refractivity contribution in [1.82, 2.24) is 10.4 Å². The fraction of sp³-hybridized carbons (Fsp3) is 0.214. The number of nitrogens with zero attached hydrogens (tertiary/aromatic N) is 1. The van der Waals surface area contributed by atoms with E-state index in [0.29, 0.717) is 6.42 Å². The Kier molecular flexibility index (Phi) is 4.31. The van der Waals surface area contributed by atoms with Crippen molar-refractivity contribution < 1.29 is 0 Å². The highest BCUT2D eigenvalue weighted by Crippen LogP contribution is 2.23. The average Bonchev–Trinajstić information content (AvgIpc) is 2.39. The first-order valence-electron chi connectivity index (χ1n) is 5.83. The second kappa shape index (κ2) is 5.96. The van der Waals surface area contributed by atoms with Crippen LogP contribution in [0, 0.1) is 6.92 Å². The molecular weight excluding hydrogens is 246 g/mol. The van der Waals surface area contributed by atoms with Crippen molar-refractivity contribution in [2.75, 3.05) is 0 Å². The molecule has 0 saturated carbocycles. The Labute approximate surface area is 112 Å². The normalized spacial score (nSPS) is 12.4. The summed E-state index contributed by atoms with van der Waals surface area (Å²) in [5.74, 6) is 5.60. The summed E-state index contributed by atoms with van der Waals surface area (Å²) in [6, 6.07) is 11.8. The van der Waals surface area contributed by atoms with Crippen LogP contribution in [0.3, 0.4) is 0 Å². The Hall–Kier alpha value is -1.42. The van der Waals surface area contributed by atoms with Gasteiger partial charge < -0.3 is 0 Å². The Balaban J connectivity index is 2.21. The molecule has 2 rings (SSSR count). The molecule has 4 heteroatoms. The number of aromatic nitrogens is 1. The summed E-state index contributed by atoms with van der Waals surface area (Å²) < 4.78 is 0. The molecule has 1 aromatic heterocycles. The van der Waals surface area contributed by atoms with Gasteiger partial charge in [0, 0.05) is 11.2 Å². The van der Waals surface area contributed by atoms with E-state index < -0.39 is 0 Å². The van der Waals surface area contributed by atoms with Gasteiger partial charge in [-0.25, -0.2) is 0 Å². The molecule has 94 valence electrons. The van der Waals surface area contributed by atoms with Gasteiger partial charge >= 0.3 is 0 Å². The number of rotatable bonds is 4. The molecule has 3 N–H and O–H groups in total. The Morgan fingerprint density at radius 2 is 2.17 bits per heavy atom. The Morgan fingerprint density at radius 1 is 1.33 bits per heavy atom. The number of benzene rings is 1. The highest BCUT2D eigenvalue weighted by Gasteiger charge is 2.13. The van der Waals surface area contributed by atoms with Crippen molar-refractivity contribution in [2.24, 2.45) is 5.84 Å². The van der Waals surface area contributed by atoms with E-state index in [2.05, 4.69) is 10.4 Å². The molecule has 0 bridgehead atoms. The van der Waals surface area contributed by atoms with E-state index in [-0.39, 0.29) is 6.04 Å². The molecule has 18 heavy (non-hydrogen) atoms. The van der Waals surface area contributed by atoms with Gasteiger partial charge in [-0.3, -0.25) is 16.3 Å². The monoisotopic (exact) mass is 261 g/mol. The van der Waals surface area contributed by atoms with Crippen LogP contribution >= 0.6 is 11.6 Å². The van der Waals surface area contributed by atoms with Gasteiger partial charge in [0.2, 0.25) is 0 Å². The third-order valence-electron chi connectivity index (χ3n) is 2.88. The van der Waals surface area contributed by atoms with E-state index in [1.807, 2.05) is 43.3 Å². The van der Waals surface area contributed by atoms with Crippen LogP contribution in [-0.4, -0.2) is 4.98 Å². The Morgan fingerprint density at radius 3 is 2.78 bits per heavy atom. The van der Waals surface area contributed by atoms with Crippen LogP contribution in [0.1, 0.15) is 22.9 Å². The molecule has 0 spiro atoms. The molecule has 1 aromatic carbocycles. The molecule has 0 aliphatic heterocycles. The molecule has 0 radical (unpaired) electrons. The molecule has 1 atom stereocenters. The van der Waals surface area contributed by atoms with Crippen LogP contribution in [0.2, 0.25) is 5.02 Å². The molecule has 1 heterocycles. The molecule has 0 aliphatic rings. The number of nitrogens with two attached hydrogens (primary N) is 1. The van der Waals surface area contributed by atoms with Gasteiger partial charge in [0.05, 0.1) is 11.7 Å². The van der Waals surface area contributed by atoms with Crippen molar-refractivity contribution in [3.05, 3.63) is 64.4 Å². The van der Waals surface area contributed by atoms with Gasteiger partial charge in [-0.1, -0.05) is 29.8 Å². The number of hydrazine groups is 1. The average molecular weight is 262 g/mol. The van der Waals surface area contributed by atoms with Crippen LogP contribution in [0.5, 0.6) is 0 Å². The van der Waals surface area contributed by atoms with Gasteiger partial charge in [0.1, 0.15) is 0 Å². The fourth-order valence-corrected chi connectivity index (χ4v) is 2.18. The van der Waals surface area contributed by atoms with Crippen LogP contribution in [0.15, 0.2) is 42.6 Å². The zero-order chi connectivity index (χ0) is 13.0. The zero-order valence-electron chi connectivity index (χ0n) is 10.2. The molecule has 0 fully saturated rings. The summed E-state index contributed by atoms with van der Waals surface area (Å²) in [5.41, 5.74) is 5.92. The number of aryl methyl sites for hydroxylation is 1. The third kappa shape index (κ3) is 3.07. The number of hydrogen-bond acceptors (Lipinski definition) is 3. The molecule has 0 aliphatic carbocycles. The summed E-state index contributed by atoms with van der Waals surface area (Å²) in [4.78, 5) is 4.31. The first-order chi connectivity index (χ1) is 8.70. The number of halogens is 1. The topological polar surface area (TPSA) is 50.9 Å². The number of pyridine rings is 1. The molecule has 0 saturated heterocycles. The zero-order valence-corrected chi connectivity index (χ0v) is 11.0. The van der Waals surface area contributed by atoms with Crippen LogP contribution < -0.4 is 11.3 Å². The lowest BCUT2D eigenvalue weighted by molar-refractivity contribution is 0.538. The van der Waals surface area contributed by atoms with Crippen LogP contribution in [0.25, 0.3) is 0 Å². The van der Waals surface area contributed by atoms with Crippen molar-refractivity contribution in [3.63, 3.8) is 0 Å². The van der Waals surface area contributed by atoms with Crippen LogP contribution in [0.4, 0.5) is 0 Å². The highest BCUT2D eigenvalue weighted by atomic mass is 35.5. The van der Waals surface area contributed by atoms with E-state index in [1.54, 1.807) is 6.20 Å². The molecule has 2 aromatic rings. The first kappa shape index (κ1) is 13.0. The van der Waals surface area contributed by atoms with Crippen LogP contribution in [-0.2, 0) is 6.42 Å². The maximum Gasteiger partial charge on any atom is 0.0672 e. The SMILES string of the molecule is Cc1ccc(CC(NN)c2ccccn2)c(Cl)c1. The second-order valence-electron chi connectivity index (χ2n) is 4.27. The van der Waals surface area contributed by atoms with E-state index in [9.17, 15) is 0 Å². The molecule has 0 amide bonds. The van der Waals surface area contributed by atoms with Crippen molar-refractivity contribution in [3.8, 4) is 0 Å². The predicted octanol–water partition coefficient (Wildman–Crippen LogP) is 2.79. The maximum atomic E-state index is 6.23. The van der Waals surface area contributed by atoms with Crippen molar-refractivity contribution in [2.45, 2.75) is 19.4 Å². The summed E-state index contributed by atoms with van der Waals surface area (Å²) in [6.07, 6.45) is 2.48. The minimum absolute atomic E-state index is 0.0357.